The van der Waals surface area contributed by atoms with Gasteiger partial charge in [-0.3, -0.25) is 4.98 Å². The maximum atomic E-state index is 12.0. The van der Waals surface area contributed by atoms with Crippen LogP contribution >= 0.6 is 12.4 Å². The van der Waals surface area contributed by atoms with Crippen LogP contribution in [0.5, 0.6) is 0 Å². The Hall–Kier alpha value is -2.65. The fourth-order valence-corrected chi connectivity index (χ4v) is 2.34. The maximum Gasteiger partial charge on any atom is 0.285 e. The molecule has 0 bridgehead atoms. The summed E-state index contributed by atoms with van der Waals surface area (Å²) in [6, 6.07) is 10.9. The molecule has 0 aliphatic carbocycles. The predicted molar refractivity (Wildman–Crippen MR) is 91.9 cm³/mol. The lowest BCUT2D eigenvalue weighted by molar-refractivity contribution is 0.597. The summed E-state index contributed by atoms with van der Waals surface area (Å²) in [7, 11) is -3.92. The van der Waals surface area contributed by atoms with Gasteiger partial charge in [-0.2, -0.15) is 13.5 Å². The molecule has 0 amide bonds. The number of guanidine groups is 1. The van der Waals surface area contributed by atoms with Crippen LogP contribution in [0.4, 0.5) is 5.69 Å². The molecule has 23 heavy (non-hydrogen) atoms. The first-order valence-corrected chi connectivity index (χ1v) is 7.57. The van der Waals surface area contributed by atoms with Crippen molar-refractivity contribution in [3.63, 3.8) is 0 Å². The molecule has 0 radical (unpaired) electrons. The molecule has 5 N–H and O–H groups in total. The third kappa shape index (κ3) is 5.57. The summed E-state index contributed by atoms with van der Waals surface area (Å²) in [5.41, 5.74) is 14.4. The summed E-state index contributed by atoms with van der Waals surface area (Å²) in [5, 5.41) is 3.76. The second kappa shape index (κ2) is 8.11. The number of sulfonamides is 1. The van der Waals surface area contributed by atoms with Gasteiger partial charge in [0.1, 0.15) is 0 Å². The standard InChI is InChI=1S/C13H14N6O2S.ClH/c14-10-4-6-12(7-5-10)22(20,21)19-13(15)18-17-9-11-3-1-2-8-16-11;/h1-9H,14H2,(H3,15,18,19);1H/b17-9+;. The molecule has 8 nitrogen and oxygen atoms in total. The molecule has 1 aromatic carbocycles. The van der Waals surface area contributed by atoms with E-state index in [4.69, 9.17) is 11.5 Å². The third-order valence-corrected chi connectivity index (χ3v) is 3.77. The van der Waals surface area contributed by atoms with E-state index in [0.717, 1.165) is 0 Å². The van der Waals surface area contributed by atoms with Crippen molar-refractivity contribution in [3.05, 3.63) is 54.4 Å². The molecular formula is C13H15ClN6O2S. The summed E-state index contributed by atoms with van der Waals surface area (Å²) < 4.78 is 27.4. The van der Waals surface area contributed by atoms with Crippen LogP contribution in [0.3, 0.4) is 0 Å². The second-order valence-electron chi connectivity index (χ2n) is 4.15. The number of nitrogens with two attached hydrogens (primary N) is 2. The van der Waals surface area contributed by atoms with Crippen molar-refractivity contribution in [2.24, 2.45) is 15.2 Å². The molecule has 1 aromatic heterocycles. The Labute approximate surface area is 139 Å². The van der Waals surface area contributed by atoms with Gasteiger partial charge < -0.3 is 11.5 Å². The number of rotatable bonds is 4. The van der Waals surface area contributed by atoms with Gasteiger partial charge in [-0.1, -0.05) is 6.07 Å². The van der Waals surface area contributed by atoms with E-state index in [-0.39, 0.29) is 23.3 Å². The largest absolute Gasteiger partial charge is 0.399 e. The Balaban J connectivity index is 0.00000264. The average molecular weight is 355 g/mol. The number of anilines is 1. The van der Waals surface area contributed by atoms with Crippen LogP contribution in [-0.4, -0.2) is 25.6 Å². The van der Waals surface area contributed by atoms with E-state index < -0.39 is 10.0 Å². The van der Waals surface area contributed by atoms with Crippen molar-refractivity contribution >= 4 is 40.3 Å². The topological polar surface area (TPSA) is 136 Å². The summed E-state index contributed by atoms with van der Waals surface area (Å²) in [5.74, 6) is -0.357. The number of nitrogens with zero attached hydrogens (tertiary/aromatic N) is 3. The predicted octanol–water partition coefficient (Wildman–Crippen LogP) is 0.713. The maximum absolute atomic E-state index is 12.0. The SMILES string of the molecule is Cl.NC(=NS(=O)(=O)c1ccc(N)cc1)N/N=C/c1ccccn1. The number of nitrogen functional groups attached to an aromatic ring is 1. The number of nitrogens with one attached hydrogen (secondary N) is 1. The van der Waals surface area contributed by atoms with Crippen molar-refractivity contribution in [3.8, 4) is 0 Å². The lowest BCUT2D eigenvalue weighted by Crippen LogP contribution is -2.28. The minimum atomic E-state index is -3.92. The number of hydrogen-bond donors (Lipinski definition) is 3. The fraction of sp³-hybridized carbons (Fsp3) is 0. The second-order valence-corrected chi connectivity index (χ2v) is 5.75. The van der Waals surface area contributed by atoms with Crippen molar-refractivity contribution < 1.29 is 8.42 Å². The van der Waals surface area contributed by atoms with Crippen molar-refractivity contribution in [2.75, 3.05) is 5.73 Å². The Morgan fingerprint density at radius 1 is 1.17 bits per heavy atom. The van der Waals surface area contributed by atoms with Gasteiger partial charge in [-0.25, -0.2) is 5.43 Å². The summed E-state index contributed by atoms with van der Waals surface area (Å²) in [6.45, 7) is 0. The molecule has 0 fully saturated rings. The molecule has 1 heterocycles. The highest BCUT2D eigenvalue weighted by atomic mass is 35.5. The quantitative estimate of drug-likeness (QED) is 0.320. The first-order valence-electron chi connectivity index (χ1n) is 6.13. The van der Waals surface area contributed by atoms with E-state index in [1.807, 2.05) is 0 Å². The van der Waals surface area contributed by atoms with Crippen LogP contribution in [0.1, 0.15) is 5.69 Å². The van der Waals surface area contributed by atoms with Gasteiger partial charge in [0.2, 0.25) is 5.96 Å². The van der Waals surface area contributed by atoms with E-state index in [1.54, 1.807) is 24.4 Å². The normalized spacial score (nSPS) is 11.9. The van der Waals surface area contributed by atoms with Crippen LogP contribution in [0.25, 0.3) is 0 Å². The highest BCUT2D eigenvalue weighted by Crippen LogP contribution is 2.13. The molecule has 0 unspecified atom stereocenters. The van der Waals surface area contributed by atoms with Gasteiger partial charge >= 0.3 is 0 Å². The molecule has 0 aliphatic rings. The van der Waals surface area contributed by atoms with Gasteiger partial charge in [-0.05, 0) is 36.4 Å². The van der Waals surface area contributed by atoms with Gasteiger partial charge in [0.25, 0.3) is 10.0 Å². The van der Waals surface area contributed by atoms with E-state index >= 15 is 0 Å². The Morgan fingerprint density at radius 2 is 1.87 bits per heavy atom. The van der Waals surface area contributed by atoms with Gasteiger partial charge in [-0.15, -0.1) is 16.8 Å². The first kappa shape index (κ1) is 18.4. The summed E-state index contributed by atoms with van der Waals surface area (Å²) in [4.78, 5) is 3.99. The lowest BCUT2D eigenvalue weighted by atomic mass is 10.3. The molecule has 0 aliphatic heterocycles. The number of hydrazone groups is 1. The van der Waals surface area contributed by atoms with E-state index in [2.05, 4.69) is 19.9 Å². The van der Waals surface area contributed by atoms with Crippen molar-refractivity contribution in [1.82, 2.24) is 10.4 Å². The molecule has 0 saturated heterocycles. The number of aromatic nitrogens is 1. The molecule has 10 heteroatoms. The van der Waals surface area contributed by atoms with Crippen LogP contribution in [0.15, 0.2) is 63.1 Å². The van der Waals surface area contributed by atoms with Gasteiger partial charge in [0.05, 0.1) is 16.8 Å². The van der Waals surface area contributed by atoms with E-state index in [9.17, 15) is 8.42 Å². The zero-order chi connectivity index (χ0) is 16.0. The van der Waals surface area contributed by atoms with Crippen LogP contribution in [-0.2, 0) is 10.0 Å². The lowest BCUT2D eigenvalue weighted by Gasteiger charge is -2.01. The molecular weight excluding hydrogens is 340 g/mol. The van der Waals surface area contributed by atoms with Crippen molar-refractivity contribution in [1.29, 1.82) is 0 Å². The Bertz CT molecular complexity index is 791. The molecule has 0 atom stereocenters. The van der Waals surface area contributed by atoms with Crippen LogP contribution < -0.4 is 16.9 Å². The van der Waals surface area contributed by atoms with Gasteiger partial charge in [0, 0.05) is 11.9 Å². The Kier molecular flexibility index (Phi) is 6.49. The van der Waals surface area contributed by atoms with Crippen molar-refractivity contribution in [2.45, 2.75) is 4.90 Å². The Morgan fingerprint density at radius 3 is 2.48 bits per heavy atom. The fourth-order valence-electron chi connectivity index (χ4n) is 1.46. The minimum absolute atomic E-state index is 0. The molecule has 2 aromatic rings. The molecule has 2 rings (SSSR count). The first-order chi connectivity index (χ1) is 10.5. The zero-order valence-electron chi connectivity index (χ0n) is 11.8. The number of benzene rings is 1. The molecule has 122 valence electrons. The summed E-state index contributed by atoms with van der Waals surface area (Å²) in [6.07, 6.45) is 2.99. The number of pyridine rings is 1. The van der Waals surface area contributed by atoms with E-state index in [1.165, 1.54) is 30.5 Å². The van der Waals surface area contributed by atoms with Crippen LogP contribution in [0, 0.1) is 0 Å². The summed E-state index contributed by atoms with van der Waals surface area (Å²) >= 11 is 0. The number of hydrogen-bond acceptors (Lipinski definition) is 5. The number of halogens is 1. The molecule has 0 spiro atoms. The van der Waals surface area contributed by atoms with Crippen LogP contribution in [0.2, 0.25) is 0 Å². The zero-order valence-corrected chi connectivity index (χ0v) is 13.5. The third-order valence-electron chi connectivity index (χ3n) is 2.46. The monoisotopic (exact) mass is 354 g/mol. The highest BCUT2D eigenvalue weighted by Gasteiger charge is 2.12. The van der Waals surface area contributed by atoms with E-state index in [0.29, 0.717) is 11.4 Å². The minimum Gasteiger partial charge on any atom is -0.399 e. The highest BCUT2D eigenvalue weighted by molar-refractivity contribution is 7.90. The smallest absolute Gasteiger partial charge is 0.285 e. The van der Waals surface area contributed by atoms with Gasteiger partial charge in [0.15, 0.2) is 0 Å². The average Bonchev–Trinajstić information content (AvgIpc) is 2.48. The molecule has 0 saturated carbocycles.